The molecule has 1 heterocycles. The molecule has 0 spiro atoms. The van der Waals surface area contributed by atoms with E-state index in [0.717, 1.165) is 0 Å². The summed E-state index contributed by atoms with van der Waals surface area (Å²) >= 11 is 1.27. The first-order valence-corrected chi connectivity index (χ1v) is 4.79. The van der Waals surface area contributed by atoms with Crippen LogP contribution in [0.4, 0.5) is 0 Å². The van der Waals surface area contributed by atoms with Gasteiger partial charge in [-0.15, -0.1) is 11.8 Å². The molecule has 0 atom stereocenters. The van der Waals surface area contributed by atoms with Gasteiger partial charge in [0, 0.05) is 12.7 Å². The zero-order valence-electron chi connectivity index (χ0n) is 6.96. The lowest BCUT2D eigenvalue weighted by atomic mass is 10.5. The number of rotatable bonds is 2. The summed E-state index contributed by atoms with van der Waals surface area (Å²) in [5, 5.41) is 2.73. The molecule has 0 amide bonds. The molecule has 0 aliphatic rings. The number of hydrogen-bond donors (Lipinski definition) is 1. The average Bonchev–Trinajstić information content (AvgIpc) is 2.10. The fraction of sp³-hybridized carbons (Fsp3) is 0.429. The van der Waals surface area contributed by atoms with Crippen molar-refractivity contribution in [2.24, 2.45) is 0 Å². The highest BCUT2D eigenvalue weighted by molar-refractivity contribution is 7.98. The fourth-order valence-electron chi connectivity index (χ4n) is 0.875. The molecule has 0 radical (unpaired) electrons. The lowest BCUT2D eigenvalue weighted by Crippen LogP contribution is -2.36. The summed E-state index contributed by atoms with van der Waals surface area (Å²) < 4.78 is 1.28. The lowest BCUT2D eigenvalue weighted by molar-refractivity contribution is 0.602. The standard InChI is InChI=1S/C7H10N2O2S/c1-3-9-7(11)6(10)5(12-2)4-8-9/h4,8H,3H2,1-2H3. The van der Waals surface area contributed by atoms with Gasteiger partial charge in [-0.25, -0.2) is 0 Å². The highest BCUT2D eigenvalue weighted by atomic mass is 32.2. The molecular weight excluding hydrogens is 176 g/mol. The van der Waals surface area contributed by atoms with E-state index in [1.807, 2.05) is 0 Å². The van der Waals surface area contributed by atoms with Crippen LogP contribution in [0.3, 0.4) is 0 Å². The van der Waals surface area contributed by atoms with Gasteiger partial charge >= 0.3 is 5.56 Å². The number of aryl methyl sites for hydroxylation is 1. The Morgan fingerprint density at radius 2 is 2.25 bits per heavy atom. The van der Waals surface area contributed by atoms with E-state index in [-0.39, 0.29) is 0 Å². The first-order chi connectivity index (χ1) is 5.70. The van der Waals surface area contributed by atoms with Crippen LogP contribution in [0.5, 0.6) is 0 Å². The summed E-state index contributed by atoms with van der Waals surface area (Å²) in [4.78, 5) is 22.9. The molecule has 1 N–H and O–H groups in total. The van der Waals surface area contributed by atoms with Gasteiger partial charge in [0.25, 0.3) is 5.43 Å². The minimum absolute atomic E-state index is 0.428. The summed E-state index contributed by atoms with van der Waals surface area (Å²) in [5.41, 5.74) is -0.910. The highest BCUT2D eigenvalue weighted by Gasteiger charge is 2.03. The van der Waals surface area contributed by atoms with E-state index >= 15 is 0 Å². The lowest BCUT2D eigenvalue weighted by Gasteiger charge is -2.01. The number of nitrogens with one attached hydrogen (secondary N) is 1. The van der Waals surface area contributed by atoms with E-state index in [1.165, 1.54) is 16.4 Å². The predicted octanol–water partition coefficient (Wildman–Crippen LogP) is 0.278. The molecule has 0 unspecified atom stereocenters. The van der Waals surface area contributed by atoms with E-state index in [4.69, 9.17) is 0 Å². The van der Waals surface area contributed by atoms with Gasteiger partial charge in [-0.3, -0.25) is 14.3 Å². The molecule has 0 bridgehead atoms. The summed E-state index contributed by atoms with van der Waals surface area (Å²) in [6.07, 6.45) is 3.32. The van der Waals surface area contributed by atoms with Crippen molar-refractivity contribution >= 4 is 11.8 Å². The molecule has 1 aromatic rings. The van der Waals surface area contributed by atoms with E-state index < -0.39 is 11.0 Å². The highest BCUT2D eigenvalue weighted by Crippen LogP contribution is 2.03. The van der Waals surface area contributed by atoms with Crippen LogP contribution in [0.25, 0.3) is 0 Å². The van der Waals surface area contributed by atoms with E-state index in [9.17, 15) is 9.59 Å². The molecule has 12 heavy (non-hydrogen) atoms. The Bertz CT molecular complexity index is 343. The molecule has 4 nitrogen and oxygen atoms in total. The fourth-order valence-corrected chi connectivity index (χ4v) is 1.32. The molecule has 0 aromatic carbocycles. The molecular formula is C7H10N2O2S. The smallest absolute Gasteiger partial charge is 0.302 e. The number of aromatic amines is 1. The topological polar surface area (TPSA) is 54.9 Å². The summed E-state index contributed by atoms with van der Waals surface area (Å²) in [6, 6.07) is 0. The average molecular weight is 186 g/mol. The Morgan fingerprint density at radius 3 is 2.75 bits per heavy atom. The van der Waals surface area contributed by atoms with Crippen molar-refractivity contribution in [2.75, 3.05) is 6.26 Å². The molecule has 0 fully saturated rings. The first kappa shape index (κ1) is 9.12. The molecule has 0 saturated carbocycles. The van der Waals surface area contributed by atoms with E-state index in [2.05, 4.69) is 5.10 Å². The molecule has 1 aromatic heterocycles. The molecule has 66 valence electrons. The van der Waals surface area contributed by atoms with Crippen LogP contribution in [0, 0.1) is 0 Å². The monoisotopic (exact) mass is 186 g/mol. The van der Waals surface area contributed by atoms with Gasteiger partial charge in [0.1, 0.15) is 0 Å². The van der Waals surface area contributed by atoms with Crippen molar-refractivity contribution in [3.8, 4) is 0 Å². The third kappa shape index (κ3) is 1.45. The maximum absolute atomic E-state index is 11.2. The van der Waals surface area contributed by atoms with Gasteiger partial charge in [-0.05, 0) is 13.2 Å². The Hall–Kier alpha value is -0.970. The zero-order chi connectivity index (χ0) is 9.14. The van der Waals surface area contributed by atoms with Gasteiger partial charge in [0.05, 0.1) is 4.90 Å². The van der Waals surface area contributed by atoms with Crippen LogP contribution in [-0.4, -0.2) is 16.0 Å². The first-order valence-electron chi connectivity index (χ1n) is 3.57. The molecule has 0 aliphatic carbocycles. The van der Waals surface area contributed by atoms with Crippen LogP contribution >= 0.6 is 11.8 Å². The molecule has 0 saturated heterocycles. The second-order valence-electron chi connectivity index (χ2n) is 2.22. The number of hydrogen-bond acceptors (Lipinski definition) is 3. The van der Waals surface area contributed by atoms with Gasteiger partial charge in [-0.2, -0.15) is 0 Å². The summed E-state index contributed by atoms with van der Waals surface area (Å²) in [6.45, 7) is 2.29. The third-order valence-corrected chi connectivity index (χ3v) is 2.29. The molecule has 5 heteroatoms. The van der Waals surface area contributed by atoms with Crippen LogP contribution in [0.15, 0.2) is 20.7 Å². The van der Waals surface area contributed by atoms with Crippen LogP contribution < -0.4 is 11.0 Å². The molecule has 0 aliphatic heterocycles. The SMILES string of the molecule is CCn1[nH]cc(SC)c(=O)c1=O. The van der Waals surface area contributed by atoms with Crippen LogP contribution in [0.1, 0.15) is 6.92 Å². The quantitative estimate of drug-likeness (QED) is 0.533. The zero-order valence-corrected chi connectivity index (χ0v) is 7.77. The van der Waals surface area contributed by atoms with Gasteiger partial charge in [0.15, 0.2) is 0 Å². The van der Waals surface area contributed by atoms with Gasteiger partial charge in [0.2, 0.25) is 0 Å². The Balaban J connectivity index is 3.41. The Labute approximate surface area is 73.6 Å². The van der Waals surface area contributed by atoms with Crippen molar-refractivity contribution in [3.05, 3.63) is 26.8 Å². The van der Waals surface area contributed by atoms with E-state index in [1.54, 1.807) is 19.4 Å². The van der Waals surface area contributed by atoms with Crippen molar-refractivity contribution in [1.29, 1.82) is 0 Å². The minimum Gasteiger partial charge on any atom is -0.302 e. The van der Waals surface area contributed by atoms with Gasteiger partial charge < -0.3 is 5.10 Å². The Morgan fingerprint density at radius 1 is 1.58 bits per heavy atom. The van der Waals surface area contributed by atoms with Crippen LogP contribution in [0.2, 0.25) is 0 Å². The largest absolute Gasteiger partial charge is 0.313 e. The number of thioether (sulfide) groups is 1. The van der Waals surface area contributed by atoms with E-state index in [0.29, 0.717) is 11.4 Å². The van der Waals surface area contributed by atoms with Gasteiger partial charge in [-0.1, -0.05) is 0 Å². The summed E-state index contributed by atoms with van der Waals surface area (Å²) in [5.74, 6) is 0. The predicted molar refractivity (Wildman–Crippen MR) is 48.8 cm³/mol. The molecule has 1 rings (SSSR count). The number of nitrogens with zero attached hydrogens (tertiary/aromatic N) is 1. The number of aromatic nitrogens is 2. The van der Waals surface area contributed by atoms with Crippen molar-refractivity contribution in [3.63, 3.8) is 0 Å². The second-order valence-corrected chi connectivity index (χ2v) is 3.07. The Kier molecular flexibility index (Phi) is 2.75. The van der Waals surface area contributed by atoms with Crippen molar-refractivity contribution < 1.29 is 0 Å². The third-order valence-electron chi connectivity index (χ3n) is 1.55. The van der Waals surface area contributed by atoms with Crippen LogP contribution in [-0.2, 0) is 6.54 Å². The van der Waals surface area contributed by atoms with Crippen molar-refractivity contribution in [1.82, 2.24) is 9.78 Å². The minimum atomic E-state index is -0.482. The van der Waals surface area contributed by atoms with Crippen molar-refractivity contribution in [2.45, 2.75) is 18.4 Å². The maximum Gasteiger partial charge on any atom is 0.313 e. The maximum atomic E-state index is 11.2. The normalized spacial score (nSPS) is 10.2. The number of H-pyrrole nitrogens is 1. The summed E-state index contributed by atoms with van der Waals surface area (Å²) in [7, 11) is 0. The second kappa shape index (κ2) is 3.62.